The van der Waals surface area contributed by atoms with E-state index in [1.807, 2.05) is 6.07 Å². The highest BCUT2D eigenvalue weighted by Crippen LogP contribution is 2.51. The van der Waals surface area contributed by atoms with Gasteiger partial charge in [-0.15, -0.1) is 0 Å². The van der Waals surface area contributed by atoms with E-state index in [9.17, 15) is 5.11 Å². The van der Waals surface area contributed by atoms with Crippen LogP contribution < -0.4 is 0 Å². The number of hydrogen-bond donors (Lipinski definition) is 1. The third kappa shape index (κ3) is 2.89. The van der Waals surface area contributed by atoms with Gasteiger partial charge in [0.25, 0.3) is 0 Å². The summed E-state index contributed by atoms with van der Waals surface area (Å²) in [5, 5.41) is 10.7. The lowest BCUT2D eigenvalue weighted by Crippen LogP contribution is -2.28. The van der Waals surface area contributed by atoms with Crippen molar-refractivity contribution in [3.8, 4) is 0 Å². The molecule has 1 unspecified atom stereocenters. The number of hydrogen-bond acceptors (Lipinski definition) is 1. The lowest BCUT2D eigenvalue weighted by molar-refractivity contribution is 0.131. The van der Waals surface area contributed by atoms with Crippen LogP contribution in [0.4, 0.5) is 0 Å². The summed E-state index contributed by atoms with van der Waals surface area (Å²) >= 11 is 0. The first kappa shape index (κ1) is 14.3. The van der Waals surface area contributed by atoms with Crippen molar-refractivity contribution in [1.29, 1.82) is 0 Å². The molecule has 21 heavy (non-hydrogen) atoms. The molecule has 110 valence electrons. The highest BCUT2D eigenvalue weighted by atomic mass is 16.3. The molecule has 0 heterocycles. The Bertz CT molecular complexity index is 579. The fourth-order valence-corrected chi connectivity index (χ4v) is 3.18. The first-order valence-electron chi connectivity index (χ1n) is 7.94. The largest absolute Gasteiger partial charge is 0.392 e. The van der Waals surface area contributed by atoms with Gasteiger partial charge in [0.1, 0.15) is 0 Å². The minimum atomic E-state index is -0.287. The Balaban J connectivity index is 1.73. The predicted molar refractivity (Wildman–Crippen MR) is 87.6 cm³/mol. The van der Waals surface area contributed by atoms with Crippen LogP contribution in [0.2, 0.25) is 0 Å². The van der Waals surface area contributed by atoms with Gasteiger partial charge >= 0.3 is 0 Å². The summed E-state index contributed by atoms with van der Waals surface area (Å²) in [5.41, 5.74) is 3.88. The van der Waals surface area contributed by atoms with E-state index in [2.05, 4.69) is 62.4 Å². The summed E-state index contributed by atoms with van der Waals surface area (Å²) < 4.78 is 0. The van der Waals surface area contributed by atoms with E-state index in [0.717, 1.165) is 19.3 Å². The molecule has 1 aliphatic rings. The molecule has 1 nitrogen and oxygen atoms in total. The topological polar surface area (TPSA) is 20.2 Å². The zero-order chi connectivity index (χ0) is 14.9. The average molecular weight is 280 g/mol. The van der Waals surface area contributed by atoms with Gasteiger partial charge < -0.3 is 5.11 Å². The quantitative estimate of drug-likeness (QED) is 0.858. The lowest BCUT2D eigenvalue weighted by atomic mass is 9.86. The predicted octanol–water partition coefficient (Wildman–Crippen LogP) is 4.45. The van der Waals surface area contributed by atoms with Crippen molar-refractivity contribution in [2.45, 2.75) is 50.5 Å². The van der Waals surface area contributed by atoms with E-state index in [1.54, 1.807) is 0 Å². The first-order valence-corrected chi connectivity index (χ1v) is 7.94. The molecule has 0 aliphatic heterocycles. The number of benzene rings is 2. The summed E-state index contributed by atoms with van der Waals surface area (Å²) in [5.74, 6) is 0.558. The van der Waals surface area contributed by atoms with E-state index >= 15 is 0 Å². The van der Waals surface area contributed by atoms with Gasteiger partial charge in [-0.1, -0.05) is 68.4 Å². The Kier molecular flexibility index (Phi) is 3.86. The average Bonchev–Trinajstić information content (AvgIpc) is 3.30. The van der Waals surface area contributed by atoms with E-state index < -0.39 is 0 Å². The third-order valence-corrected chi connectivity index (χ3v) is 4.85. The van der Waals surface area contributed by atoms with E-state index in [1.165, 1.54) is 16.7 Å². The minimum Gasteiger partial charge on any atom is -0.392 e. The van der Waals surface area contributed by atoms with Crippen molar-refractivity contribution in [3.05, 3.63) is 71.3 Å². The molecule has 0 amide bonds. The van der Waals surface area contributed by atoms with Crippen LogP contribution in [-0.4, -0.2) is 11.2 Å². The van der Waals surface area contributed by atoms with Gasteiger partial charge in [-0.2, -0.15) is 0 Å². The maximum absolute atomic E-state index is 10.7. The van der Waals surface area contributed by atoms with Gasteiger partial charge in [0.2, 0.25) is 0 Å². The van der Waals surface area contributed by atoms with Crippen molar-refractivity contribution in [3.63, 3.8) is 0 Å². The van der Waals surface area contributed by atoms with Gasteiger partial charge in [-0.05, 0) is 41.9 Å². The first-order chi connectivity index (χ1) is 10.1. The Hall–Kier alpha value is -1.60. The van der Waals surface area contributed by atoms with Crippen LogP contribution in [0.15, 0.2) is 54.6 Å². The Labute approximate surface area is 127 Å². The summed E-state index contributed by atoms with van der Waals surface area (Å²) in [6.45, 7) is 4.41. The van der Waals surface area contributed by atoms with Gasteiger partial charge in [0.15, 0.2) is 0 Å². The zero-order valence-corrected chi connectivity index (χ0v) is 12.9. The van der Waals surface area contributed by atoms with Gasteiger partial charge in [0.05, 0.1) is 6.10 Å². The smallest absolute Gasteiger partial charge is 0.0677 e. The van der Waals surface area contributed by atoms with Crippen LogP contribution in [-0.2, 0) is 11.8 Å². The van der Waals surface area contributed by atoms with Crippen molar-refractivity contribution in [2.24, 2.45) is 0 Å². The summed E-state index contributed by atoms with van der Waals surface area (Å²) in [6, 6.07) is 19.2. The second-order valence-corrected chi connectivity index (χ2v) is 6.64. The van der Waals surface area contributed by atoms with Crippen LogP contribution >= 0.6 is 0 Å². The maximum atomic E-state index is 10.7. The van der Waals surface area contributed by atoms with Crippen LogP contribution in [0.3, 0.4) is 0 Å². The molecule has 0 saturated heterocycles. The Morgan fingerprint density at radius 3 is 2.10 bits per heavy atom. The molecule has 1 heteroatoms. The van der Waals surface area contributed by atoms with Crippen molar-refractivity contribution >= 4 is 0 Å². The van der Waals surface area contributed by atoms with E-state index in [0.29, 0.717) is 5.92 Å². The standard InChI is InChI=1S/C20H24O/c1-15(2)17-10-8-16(9-11-17)14-19(21)20(12-13-20)18-6-4-3-5-7-18/h3-11,15,19,21H,12-14H2,1-2H3. The van der Waals surface area contributed by atoms with E-state index in [-0.39, 0.29) is 11.5 Å². The van der Waals surface area contributed by atoms with Gasteiger partial charge in [-0.25, -0.2) is 0 Å². The lowest BCUT2D eigenvalue weighted by Gasteiger charge is -2.23. The summed E-state index contributed by atoms with van der Waals surface area (Å²) in [6.07, 6.45) is 2.66. The fraction of sp³-hybridized carbons (Fsp3) is 0.400. The molecule has 1 saturated carbocycles. The van der Waals surface area contributed by atoms with Crippen molar-refractivity contribution in [2.75, 3.05) is 0 Å². The number of rotatable bonds is 5. The fourth-order valence-electron chi connectivity index (χ4n) is 3.18. The molecule has 1 aliphatic carbocycles. The van der Waals surface area contributed by atoms with Crippen LogP contribution in [0.1, 0.15) is 49.3 Å². The molecule has 3 rings (SSSR count). The molecule has 2 aromatic carbocycles. The van der Waals surface area contributed by atoms with Crippen LogP contribution in [0.25, 0.3) is 0 Å². The maximum Gasteiger partial charge on any atom is 0.0677 e. The van der Waals surface area contributed by atoms with Crippen molar-refractivity contribution in [1.82, 2.24) is 0 Å². The monoisotopic (exact) mass is 280 g/mol. The van der Waals surface area contributed by atoms with Crippen LogP contribution in [0, 0.1) is 0 Å². The molecule has 0 aromatic heterocycles. The summed E-state index contributed by atoms with van der Waals surface area (Å²) in [4.78, 5) is 0. The second kappa shape index (κ2) is 5.65. The zero-order valence-electron chi connectivity index (χ0n) is 12.9. The molecule has 1 atom stereocenters. The Morgan fingerprint density at radius 1 is 0.952 bits per heavy atom. The van der Waals surface area contributed by atoms with Gasteiger partial charge in [-0.3, -0.25) is 0 Å². The third-order valence-electron chi connectivity index (χ3n) is 4.85. The SMILES string of the molecule is CC(C)c1ccc(CC(O)C2(c3ccccc3)CC2)cc1. The second-order valence-electron chi connectivity index (χ2n) is 6.64. The van der Waals surface area contributed by atoms with E-state index in [4.69, 9.17) is 0 Å². The molecule has 1 fully saturated rings. The normalized spacial score (nSPS) is 17.7. The molecule has 0 radical (unpaired) electrons. The molecular formula is C20H24O. The van der Waals surface area contributed by atoms with Crippen molar-refractivity contribution < 1.29 is 5.11 Å². The van der Waals surface area contributed by atoms with Crippen LogP contribution in [0.5, 0.6) is 0 Å². The molecule has 1 N–H and O–H groups in total. The number of aliphatic hydroxyl groups is 1. The molecule has 0 bridgehead atoms. The highest BCUT2D eigenvalue weighted by molar-refractivity contribution is 5.34. The molecule has 0 spiro atoms. The summed E-state index contributed by atoms with van der Waals surface area (Å²) in [7, 11) is 0. The Morgan fingerprint density at radius 2 is 1.57 bits per heavy atom. The molecule has 2 aromatic rings. The highest BCUT2D eigenvalue weighted by Gasteiger charge is 2.49. The molecular weight excluding hydrogens is 256 g/mol. The minimum absolute atomic E-state index is 0.00200. The van der Waals surface area contributed by atoms with Gasteiger partial charge in [0, 0.05) is 5.41 Å². The number of aliphatic hydroxyl groups excluding tert-OH is 1.